The number of aromatic nitrogens is 1. The molecule has 3 rings (SSSR count). The van der Waals surface area contributed by atoms with Gasteiger partial charge in [-0.15, -0.1) is 11.3 Å². The minimum atomic E-state index is -4.43. The highest BCUT2D eigenvalue weighted by molar-refractivity contribution is 7.09. The fourth-order valence-corrected chi connectivity index (χ4v) is 4.00. The molecule has 4 nitrogen and oxygen atoms in total. The van der Waals surface area contributed by atoms with Gasteiger partial charge in [0, 0.05) is 25.0 Å². The molecule has 0 fully saturated rings. The van der Waals surface area contributed by atoms with Crippen molar-refractivity contribution < 1.29 is 22.4 Å². The van der Waals surface area contributed by atoms with Crippen LogP contribution in [0.15, 0.2) is 53.9 Å². The molecule has 1 N–H and O–H groups in total. The van der Waals surface area contributed by atoms with Gasteiger partial charge < -0.3 is 5.32 Å². The molecule has 0 atom stereocenters. The van der Waals surface area contributed by atoms with Gasteiger partial charge in [-0.3, -0.25) is 9.69 Å². The second kappa shape index (κ2) is 10.9. The molecule has 3 aromatic rings. The van der Waals surface area contributed by atoms with Crippen molar-refractivity contribution in [2.75, 3.05) is 6.54 Å². The fraction of sp³-hybridized carbons (Fsp3) is 0.333. The van der Waals surface area contributed by atoms with Gasteiger partial charge in [0.25, 0.3) is 5.91 Å². The fourth-order valence-electron chi connectivity index (χ4n) is 3.19. The standard InChI is InChI=1S/C24H25F4N3OS/c1-16(2)11-29-23(32)21-15-33-22(30-21)14-31(12-17-6-8-20(25)9-7-17)13-18-4-3-5-19(10-18)24(26,27)28/h3-10,15-16H,11-14H2,1-2H3,(H,29,32). The molecular weight excluding hydrogens is 454 g/mol. The molecule has 1 amide bonds. The van der Waals surface area contributed by atoms with Crippen LogP contribution in [-0.4, -0.2) is 22.3 Å². The maximum absolute atomic E-state index is 13.3. The third kappa shape index (κ3) is 7.64. The van der Waals surface area contributed by atoms with E-state index < -0.39 is 11.7 Å². The van der Waals surface area contributed by atoms with E-state index in [0.29, 0.717) is 41.8 Å². The summed E-state index contributed by atoms with van der Waals surface area (Å²) < 4.78 is 52.7. The van der Waals surface area contributed by atoms with Crippen molar-refractivity contribution in [2.24, 2.45) is 5.92 Å². The summed E-state index contributed by atoms with van der Waals surface area (Å²) in [4.78, 5) is 18.6. The second-order valence-corrected chi connectivity index (χ2v) is 9.14. The van der Waals surface area contributed by atoms with Crippen molar-refractivity contribution in [1.82, 2.24) is 15.2 Å². The molecule has 0 saturated heterocycles. The van der Waals surface area contributed by atoms with E-state index in [1.807, 2.05) is 18.7 Å². The van der Waals surface area contributed by atoms with Crippen LogP contribution in [-0.2, 0) is 25.8 Å². The average Bonchev–Trinajstić information content (AvgIpc) is 3.22. The zero-order valence-electron chi connectivity index (χ0n) is 18.3. The van der Waals surface area contributed by atoms with Gasteiger partial charge in [0.15, 0.2) is 0 Å². The van der Waals surface area contributed by atoms with Gasteiger partial charge in [0.05, 0.1) is 12.1 Å². The lowest BCUT2D eigenvalue weighted by molar-refractivity contribution is -0.137. The molecule has 9 heteroatoms. The Morgan fingerprint density at radius 1 is 1.06 bits per heavy atom. The van der Waals surface area contributed by atoms with Crippen molar-refractivity contribution in [1.29, 1.82) is 0 Å². The van der Waals surface area contributed by atoms with Crippen LogP contribution in [0.25, 0.3) is 0 Å². The van der Waals surface area contributed by atoms with Crippen molar-refractivity contribution in [3.8, 4) is 0 Å². The molecule has 0 aliphatic rings. The molecule has 0 spiro atoms. The van der Waals surface area contributed by atoms with Crippen LogP contribution < -0.4 is 5.32 Å². The zero-order valence-corrected chi connectivity index (χ0v) is 19.1. The minimum absolute atomic E-state index is 0.232. The number of carbonyl (C=O) groups is 1. The van der Waals surface area contributed by atoms with E-state index in [1.165, 1.54) is 29.5 Å². The summed E-state index contributed by atoms with van der Waals surface area (Å²) in [5.41, 5.74) is 0.921. The Morgan fingerprint density at radius 2 is 1.76 bits per heavy atom. The average molecular weight is 480 g/mol. The molecule has 1 aromatic heterocycles. The van der Waals surface area contributed by atoms with Gasteiger partial charge in [-0.2, -0.15) is 13.2 Å². The second-order valence-electron chi connectivity index (χ2n) is 8.20. The Hall–Kier alpha value is -2.78. The molecular formula is C24H25F4N3OS. The third-order valence-electron chi connectivity index (χ3n) is 4.79. The van der Waals surface area contributed by atoms with Crippen molar-refractivity contribution >= 4 is 17.2 Å². The lowest BCUT2D eigenvalue weighted by Crippen LogP contribution is -2.27. The maximum atomic E-state index is 13.3. The minimum Gasteiger partial charge on any atom is -0.350 e. The van der Waals surface area contributed by atoms with Gasteiger partial charge >= 0.3 is 6.18 Å². The van der Waals surface area contributed by atoms with E-state index in [0.717, 1.165) is 17.7 Å². The highest BCUT2D eigenvalue weighted by Gasteiger charge is 2.30. The lowest BCUT2D eigenvalue weighted by Gasteiger charge is -2.22. The monoisotopic (exact) mass is 479 g/mol. The quantitative estimate of drug-likeness (QED) is 0.389. The van der Waals surface area contributed by atoms with Crippen LogP contribution in [0.5, 0.6) is 0 Å². The van der Waals surface area contributed by atoms with Crippen molar-refractivity contribution in [3.63, 3.8) is 0 Å². The molecule has 2 aromatic carbocycles. The normalized spacial score (nSPS) is 11.9. The number of hydrogen-bond acceptors (Lipinski definition) is 4. The van der Waals surface area contributed by atoms with E-state index in [9.17, 15) is 22.4 Å². The summed E-state index contributed by atoms with van der Waals surface area (Å²) in [6.07, 6.45) is -4.43. The van der Waals surface area contributed by atoms with E-state index in [2.05, 4.69) is 10.3 Å². The SMILES string of the molecule is CC(C)CNC(=O)c1csc(CN(Cc2ccc(F)cc2)Cc2cccc(C(F)(F)F)c2)n1. The number of rotatable bonds is 9. The number of alkyl halides is 3. The Bertz CT molecular complexity index is 1060. The number of benzene rings is 2. The van der Waals surface area contributed by atoms with Crippen LogP contribution in [0.3, 0.4) is 0 Å². The van der Waals surface area contributed by atoms with Crippen LogP contribution in [0.4, 0.5) is 17.6 Å². The molecule has 0 unspecified atom stereocenters. The number of nitrogens with zero attached hydrogens (tertiary/aromatic N) is 2. The number of halogens is 4. The highest BCUT2D eigenvalue weighted by Crippen LogP contribution is 2.30. The molecule has 1 heterocycles. The van der Waals surface area contributed by atoms with Gasteiger partial charge in [0.1, 0.15) is 16.5 Å². The van der Waals surface area contributed by atoms with E-state index in [4.69, 9.17) is 0 Å². The first-order chi connectivity index (χ1) is 15.6. The van der Waals surface area contributed by atoms with Crippen LogP contribution in [0.2, 0.25) is 0 Å². The summed E-state index contributed by atoms with van der Waals surface area (Å²) in [5.74, 6) is -0.306. The number of thiazole rings is 1. The Kier molecular flexibility index (Phi) is 8.20. The smallest absolute Gasteiger partial charge is 0.350 e. The Balaban J connectivity index is 1.78. The summed E-state index contributed by atoms with van der Waals surface area (Å²) in [7, 11) is 0. The largest absolute Gasteiger partial charge is 0.416 e. The first kappa shape index (κ1) is 24.9. The van der Waals surface area contributed by atoms with Gasteiger partial charge in [-0.25, -0.2) is 9.37 Å². The molecule has 33 heavy (non-hydrogen) atoms. The molecule has 0 bridgehead atoms. The number of hydrogen-bond donors (Lipinski definition) is 1. The van der Waals surface area contributed by atoms with Crippen molar-refractivity contribution in [3.05, 3.63) is 87.1 Å². The van der Waals surface area contributed by atoms with Crippen LogP contribution in [0.1, 0.15) is 46.0 Å². The van der Waals surface area contributed by atoms with Gasteiger partial charge in [-0.1, -0.05) is 44.2 Å². The molecule has 0 aliphatic carbocycles. The topological polar surface area (TPSA) is 45.2 Å². The zero-order chi connectivity index (χ0) is 24.0. The summed E-state index contributed by atoms with van der Waals surface area (Å²) >= 11 is 1.32. The molecule has 0 radical (unpaired) electrons. The van der Waals surface area contributed by atoms with Gasteiger partial charge in [0.2, 0.25) is 0 Å². The summed E-state index contributed by atoms with van der Waals surface area (Å²) in [5, 5.41) is 5.16. The Labute approximate surface area is 194 Å². The predicted molar refractivity (Wildman–Crippen MR) is 120 cm³/mol. The first-order valence-electron chi connectivity index (χ1n) is 10.5. The number of amides is 1. The lowest BCUT2D eigenvalue weighted by atomic mass is 10.1. The summed E-state index contributed by atoms with van der Waals surface area (Å²) in [6, 6.07) is 11.2. The maximum Gasteiger partial charge on any atom is 0.416 e. The van der Waals surface area contributed by atoms with E-state index in [-0.39, 0.29) is 18.3 Å². The van der Waals surface area contributed by atoms with Crippen molar-refractivity contribution in [2.45, 2.75) is 39.7 Å². The summed E-state index contributed by atoms with van der Waals surface area (Å²) in [6.45, 7) is 5.47. The predicted octanol–water partition coefficient (Wildman–Crippen LogP) is 5.89. The molecule has 0 saturated carbocycles. The number of nitrogens with one attached hydrogen (secondary N) is 1. The first-order valence-corrected chi connectivity index (χ1v) is 11.3. The van der Waals surface area contributed by atoms with Crippen LogP contribution >= 0.6 is 11.3 Å². The van der Waals surface area contributed by atoms with Crippen LogP contribution in [0, 0.1) is 11.7 Å². The Morgan fingerprint density at radius 3 is 2.42 bits per heavy atom. The molecule has 176 valence electrons. The van der Waals surface area contributed by atoms with E-state index >= 15 is 0 Å². The highest BCUT2D eigenvalue weighted by atomic mass is 32.1. The van der Waals surface area contributed by atoms with Gasteiger partial charge in [-0.05, 0) is 35.2 Å². The third-order valence-corrected chi connectivity index (χ3v) is 5.63. The molecule has 0 aliphatic heterocycles. The number of carbonyl (C=O) groups excluding carboxylic acids is 1. The van der Waals surface area contributed by atoms with E-state index in [1.54, 1.807) is 23.6 Å².